The Bertz CT molecular complexity index is 1540. The molecule has 3 aromatic carbocycles. The number of anilines is 1. The first-order valence-corrected chi connectivity index (χ1v) is 11.6. The van der Waals surface area contributed by atoms with Gasteiger partial charge in [-0.05, 0) is 29.7 Å². The number of rotatable bonds is 5. The lowest BCUT2D eigenvalue weighted by atomic mass is 9.98. The number of benzene rings is 3. The number of carbonyl (C=O) groups is 2. The number of ether oxygens (including phenoxy) is 2. The van der Waals surface area contributed by atoms with Gasteiger partial charge in [0.15, 0.2) is 11.5 Å². The molecule has 1 fully saturated rings. The second-order valence-electron chi connectivity index (χ2n) is 7.97. The predicted octanol–water partition coefficient (Wildman–Crippen LogP) is 6.38. The van der Waals surface area contributed by atoms with E-state index in [0.29, 0.717) is 5.69 Å². The average Bonchev–Trinajstić information content (AvgIpc) is 3.50. The normalized spacial score (nSPS) is 17.1. The Hall–Kier alpha value is -3.94. The van der Waals surface area contributed by atoms with Crippen molar-refractivity contribution >= 4 is 57.1 Å². The standard InChI is InChI=1S/C27H19Cl2NO6/c1-34-25-16(13-17(28)26(35-2)21(25)29)23(31)20-22(19-11-6-12-36-19)30(27(33)24(20)32)18-10-5-8-14-7-3-4-9-15(14)18/h3-13,22,31H,1-2H3/b23-20-. The summed E-state index contributed by atoms with van der Waals surface area (Å²) in [5.41, 5.74) is 0.327. The van der Waals surface area contributed by atoms with Gasteiger partial charge in [0.1, 0.15) is 22.6 Å². The fourth-order valence-corrected chi connectivity index (χ4v) is 5.19. The van der Waals surface area contributed by atoms with Gasteiger partial charge in [-0.3, -0.25) is 14.5 Å². The molecule has 1 aromatic heterocycles. The number of carbonyl (C=O) groups excluding carboxylic acids is 2. The van der Waals surface area contributed by atoms with E-state index in [4.69, 9.17) is 37.1 Å². The summed E-state index contributed by atoms with van der Waals surface area (Å²) in [4.78, 5) is 28.3. The number of Topliss-reactive ketones (excluding diaryl/α,β-unsaturated/α-hetero) is 1. The molecule has 1 atom stereocenters. The summed E-state index contributed by atoms with van der Waals surface area (Å²) in [6, 6.07) is 16.5. The van der Waals surface area contributed by atoms with Gasteiger partial charge in [-0.25, -0.2) is 0 Å². The Labute approximate surface area is 216 Å². The lowest BCUT2D eigenvalue weighted by Crippen LogP contribution is -2.29. The first-order valence-electron chi connectivity index (χ1n) is 10.8. The van der Waals surface area contributed by atoms with Gasteiger partial charge in [-0.1, -0.05) is 59.6 Å². The summed E-state index contributed by atoms with van der Waals surface area (Å²) in [6.45, 7) is 0. The first kappa shape index (κ1) is 23.8. The lowest BCUT2D eigenvalue weighted by Gasteiger charge is -2.25. The third-order valence-electron chi connectivity index (χ3n) is 6.08. The van der Waals surface area contributed by atoms with E-state index in [1.165, 1.54) is 31.4 Å². The first-order chi connectivity index (χ1) is 17.4. The highest BCUT2D eigenvalue weighted by Crippen LogP contribution is 2.48. The van der Waals surface area contributed by atoms with Crippen LogP contribution in [0.4, 0.5) is 5.69 Å². The number of methoxy groups -OCH3 is 2. The summed E-state index contributed by atoms with van der Waals surface area (Å²) >= 11 is 12.7. The molecule has 5 rings (SSSR count). The van der Waals surface area contributed by atoms with E-state index >= 15 is 0 Å². The van der Waals surface area contributed by atoms with E-state index < -0.39 is 23.5 Å². The molecule has 1 unspecified atom stereocenters. The van der Waals surface area contributed by atoms with E-state index in [1.807, 2.05) is 30.3 Å². The fraction of sp³-hybridized carbons (Fsp3) is 0.111. The van der Waals surface area contributed by atoms with Crippen molar-refractivity contribution in [2.75, 3.05) is 19.1 Å². The quantitative estimate of drug-likeness (QED) is 0.185. The minimum atomic E-state index is -1.06. The van der Waals surface area contributed by atoms with Crippen molar-refractivity contribution in [3.05, 3.63) is 93.9 Å². The van der Waals surface area contributed by atoms with Crippen molar-refractivity contribution in [1.29, 1.82) is 0 Å². The average molecular weight is 524 g/mol. The number of nitrogens with zero attached hydrogens (tertiary/aromatic N) is 1. The van der Waals surface area contributed by atoms with Crippen LogP contribution in [0, 0.1) is 0 Å². The third-order valence-corrected chi connectivity index (χ3v) is 6.70. The summed E-state index contributed by atoms with van der Waals surface area (Å²) in [7, 11) is 2.74. The van der Waals surface area contributed by atoms with Crippen molar-refractivity contribution < 1.29 is 28.6 Å². The maximum absolute atomic E-state index is 13.5. The Morgan fingerprint density at radius 3 is 2.39 bits per heavy atom. The maximum atomic E-state index is 13.5. The summed E-state index contributed by atoms with van der Waals surface area (Å²) in [6.07, 6.45) is 1.43. The number of hydrogen-bond acceptors (Lipinski definition) is 6. The molecular formula is C27H19Cl2NO6. The minimum Gasteiger partial charge on any atom is -0.507 e. The van der Waals surface area contributed by atoms with Crippen LogP contribution in [0.25, 0.3) is 16.5 Å². The molecule has 182 valence electrons. The second-order valence-corrected chi connectivity index (χ2v) is 8.75. The topological polar surface area (TPSA) is 89.2 Å². The molecule has 4 aromatic rings. The highest BCUT2D eigenvalue weighted by atomic mass is 35.5. The molecule has 1 aliphatic heterocycles. The monoisotopic (exact) mass is 523 g/mol. The molecule has 0 aliphatic carbocycles. The third kappa shape index (κ3) is 3.59. The van der Waals surface area contributed by atoms with Crippen molar-refractivity contribution in [1.82, 2.24) is 0 Å². The molecule has 36 heavy (non-hydrogen) atoms. The molecule has 0 bridgehead atoms. The van der Waals surface area contributed by atoms with Gasteiger partial charge in [0.2, 0.25) is 0 Å². The van der Waals surface area contributed by atoms with Crippen LogP contribution in [0.1, 0.15) is 17.4 Å². The fourth-order valence-electron chi connectivity index (χ4n) is 4.51. The highest BCUT2D eigenvalue weighted by Gasteiger charge is 2.49. The van der Waals surface area contributed by atoms with Crippen LogP contribution in [0.3, 0.4) is 0 Å². The zero-order valence-electron chi connectivity index (χ0n) is 19.1. The molecule has 7 nitrogen and oxygen atoms in total. The van der Waals surface area contributed by atoms with Crippen molar-refractivity contribution in [3.63, 3.8) is 0 Å². The maximum Gasteiger partial charge on any atom is 0.300 e. The predicted molar refractivity (Wildman–Crippen MR) is 137 cm³/mol. The largest absolute Gasteiger partial charge is 0.507 e. The van der Waals surface area contributed by atoms with Crippen LogP contribution < -0.4 is 14.4 Å². The zero-order valence-corrected chi connectivity index (χ0v) is 20.6. The smallest absolute Gasteiger partial charge is 0.300 e. The molecule has 1 N–H and O–H groups in total. The van der Waals surface area contributed by atoms with Crippen LogP contribution in [-0.4, -0.2) is 31.0 Å². The van der Waals surface area contributed by atoms with E-state index in [1.54, 1.807) is 24.3 Å². The number of aliphatic hydroxyl groups is 1. The van der Waals surface area contributed by atoms with Gasteiger partial charge in [0.05, 0.1) is 42.3 Å². The number of hydrogen-bond donors (Lipinski definition) is 1. The zero-order chi connectivity index (χ0) is 25.6. The number of amides is 1. The van der Waals surface area contributed by atoms with Crippen LogP contribution in [0.5, 0.6) is 11.5 Å². The second kappa shape index (κ2) is 9.26. The van der Waals surface area contributed by atoms with Crippen molar-refractivity contribution in [2.24, 2.45) is 0 Å². The molecule has 1 amide bonds. The number of halogens is 2. The van der Waals surface area contributed by atoms with Crippen LogP contribution >= 0.6 is 23.2 Å². The molecule has 1 aliphatic rings. The Kier molecular flexibility index (Phi) is 6.12. The van der Waals surface area contributed by atoms with Crippen molar-refractivity contribution in [2.45, 2.75) is 6.04 Å². The number of furan rings is 1. The van der Waals surface area contributed by atoms with E-state index in [2.05, 4.69) is 0 Å². The van der Waals surface area contributed by atoms with Crippen LogP contribution in [0.15, 0.2) is 76.9 Å². The van der Waals surface area contributed by atoms with Gasteiger partial charge in [-0.2, -0.15) is 0 Å². The van der Waals surface area contributed by atoms with E-state index in [9.17, 15) is 14.7 Å². The number of ketones is 1. The minimum absolute atomic E-state index is 0.00637. The SMILES string of the molecule is COc1c(Cl)cc(/C(O)=C2/C(=O)C(=O)N(c3cccc4ccccc34)C2c2ccco2)c(OC)c1Cl. The summed E-state index contributed by atoms with van der Waals surface area (Å²) < 4.78 is 16.3. The molecular weight excluding hydrogens is 505 g/mol. The molecule has 0 radical (unpaired) electrons. The lowest BCUT2D eigenvalue weighted by molar-refractivity contribution is -0.132. The Morgan fingerprint density at radius 1 is 0.972 bits per heavy atom. The van der Waals surface area contributed by atoms with Crippen LogP contribution in [0.2, 0.25) is 10.0 Å². The molecule has 9 heteroatoms. The van der Waals surface area contributed by atoms with Gasteiger partial charge < -0.3 is 19.0 Å². The molecule has 2 heterocycles. The van der Waals surface area contributed by atoms with E-state index in [-0.39, 0.29) is 38.4 Å². The Morgan fingerprint density at radius 2 is 1.69 bits per heavy atom. The van der Waals surface area contributed by atoms with Gasteiger partial charge >= 0.3 is 0 Å². The van der Waals surface area contributed by atoms with Gasteiger partial charge in [0, 0.05) is 5.39 Å². The Balaban J connectivity index is 1.79. The molecule has 1 saturated heterocycles. The summed E-state index contributed by atoms with van der Waals surface area (Å²) in [5, 5.41) is 13.2. The highest BCUT2D eigenvalue weighted by molar-refractivity contribution is 6.52. The van der Waals surface area contributed by atoms with Gasteiger partial charge in [0.25, 0.3) is 11.7 Å². The van der Waals surface area contributed by atoms with Crippen molar-refractivity contribution in [3.8, 4) is 11.5 Å². The molecule has 0 saturated carbocycles. The van der Waals surface area contributed by atoms with Crippen LogP contribution in [-0.2, 0) is 9.59 Å². The number of aliphatic hydroxyl groups excluding tert-OH is 1. The van der Waals surface area contributed by atoms with E-state index in [0.717, 1.165) is 10.8 Å². The molecule has 0 spiro atoms. The summed E-state index contributed by atoms with van der Waals surface area (Å²) in [5.74, 6) is -1.77. The number of fused-ring (bicyclic) bond motifs is 1. The van der Waals surface area contributed by atoms with Gasteiger partial charge in [-0.15, -0.1) is 0 Å².